The van der Waals surface area contributed by atoms with Gasteiger partial charge in [0.25, 0.3) is 0 Å². The predicted octanol–water partition coefficient (Wildman–Crippen LogP) is 3.26. The standard InChI is InChI=1S/C22H34FN3O/c1-17-4-5-21(22(23)19(17)3)26-14-12-24(13-15-26)9-6-20-7-10-25(11-8-20)16-18(2)27/h4-5,20H,6-16H2,1-3H3. The maximum atomic E-state index is 14.6. The molecule has 0 bridgehead atoms. The van der Waals surface area contributed by atoms with Gasteiger partial charge in [0.1, 0.15) is 11.6 Å². The van der Waals surface area contributed by atoms with E-state index in [0.717, 1.165) is 68.5 Å². The number of carbonyl (C=O) groups excluding carboxylic acids is 1. The molecule has 0 unspecified atom stereocenters. The molecule has 27 heavy (non-hydrogen) atoms. The Hall–Kier alpha value is -1.46. The first-order valence-electron chi connectivity index (χ1n) is 10.4. The van der Waals surface area contributed by atoms with Gasteiger partial charge in [-0.3, -0.25) is 14.6 Å². The second-order valence-corrected chi connectivity index (χ2v) is 8.38. The Labute approximate surface area is 163 Å². The number of carbonyl (C=O) groups is 1. The van der Waals surface area contributed by atoms with E-state index in [1.165, 1.54) is 19.3 Å². The topological polar surface area (TPSA) is 26.8 Å². The molecule has 0 aromatic heterocycles. The van der Waals surface area contributed by atoms with E-state index in [9.17, 15) is 9.18 Å². The van der Waals surface area contributed by atoms with Crippen molar-refractivity contribution in [3.63, 3.8) is 0 Å². The number of rotatable bonds is 6. The van der Waals surface area contributed by atoms with Crippen molar-refractivity contribution in [2.24, 2.45) is 5.92 Å². The van der Waals surface area contributed by atoms with Crippen LogP contribution in [0.2, 0.25) is 0 Å². The molecule has 0 aliphatic carbocycles. The van der Waals surface area contributed by atoms with Gasteiger partial charge in [-0.15, -0.1) is 0 Å². The molecule has 3 rings (SSSR count). The normalized spacial score (nSPS) is 20.2. The van der Waals surface area contributed by atoms with Crippen molar-refractivity contribution in [1.29, 1.82) is 0 Å². The van der Waals surface area contributed by atoms with Crippen molar-refractivity contribution >= 4 is 11.5 Å². The first kappa shape index (κ1) is 20.3. The first-order valence-corrected chi connectivity index (χ1v) is 10.4. The summed E-state index contributed by atoms with van der Waals surface area (Å²) in [4.78, 5) is 18.2. The van der Waals surface area contributed by atoms with Crippen LogP contribution in [0.3, 0.4) is 0 Å². The fraction of sp³-hybridized carbons (Fsp3) is 0.682. The van der Waals surface area contributed by atoms with E-state index < -0.39 is 0 Å². The molecule has 2 fully saturated rings. The Morgan fingerprint density at radius 1 is 1.04 bits per heavy atom. The molecule has 5 heteroatoms. The molecule has 2 saturated heterocycles. The van der Waals surface area contributed by atoms with E-state index in [0.29, 0.717) is 6.54 Å². The number of hydrogen-bond donors (Lipinski definition) is 0. The van der Waals surface area contributed by atoms with Gasteiger partial charge in [0.05, 0.1) is 12.2 Å². The number of piperazine rings is 1. The van der Waals surface area contributed by atoms with Gasteiger partial charge >= 0.3 is 0 Å². The average molecular weight is 376 g/mol. The highest BCUT2D eigenvalue weighted by Gasteiger charge is 2.23. The Morgan fingerprint density at radius 3 is 2.33 bits per heavy atom. The van der Waals surface area contributed by atoms with Crippen LogP contribution < -0.4 is 4.90 Å². The highest BCUT2D eigenvalue weighted by molar-refractivity contribution is 5.77. The molecule has 2 heterocycles. The van der Waals surface area contributed by atoms with Crippen LogP contribution in [0.25, 0.3) is 0 Å². The van der Waals surface area contributed by atoms with Crippen LogP contribution in [0.4, 0.5) is 10.1 Å². The summed E-state index contributed by atoms with van der Waals surface area (Å²) < 4.78 is 14.6. The van der Waals surface area contributed by atoms with Gasteiger partial charge in [-0.2, -0.15) is 0 Å². The number of hydrogen-bond acceptors (Lipinski definition) is 4. The highest BCUT2D eigenvalue weighted by atomic mass is 19.1. The Bertz CT molecular complexity index is 647. The smallest absolute Gasteiger partial charge is 0.149 e. The van der Waals surface area contributed by atoms with E-state index in [-0.39, 0.29) is 11.6 Å². The molecule has 0 spiro atoms. The Kier molecular flexibility index (Phi) is 6.88. The number of aryl methyl sites for hydroxylation is 1. The second-order valence-electron chi connectivity index (χ2n) is 8.38. The molecule has 2 aliphatic heterocycles. The fourth-order valence-electron chi connectivity index (χ4n) is 4.34. The van der Waals surface area contributed by atoms with Gasteiger partial charge in [-0.1, -0.05) is 6.07 Å². The van der Waals surface area contributed by atoms with Crippen LogP contribution in [0.1, 0.15) is 37.3 Å². The summed E-state index contributed by atoms with van der Waals surface area (Å²) in [6.45, 7) is 13.2. The van der Waals surface area contributed by atoms with Crippen LogP contribution in [0.15, 0.2) is 12.1 Å². The summed E-state index contributed by atoms with van der Waals surface area (Å²) in [6, 6.07) is 3.96. The Balaban J connectivity index is 1.40. The van der Waals surface area contributed by atoms with E-state index in [1.807, 2.05) is 26.0 Å². The third kappa shape index (κ3) is 5.29. The molecule has 0 saturated carbocycles. The number of ketones is 1. The number of piperidine rings is 1. The van der Waals surface area contributed by atoms with Crippen LogP contribution in [0.5, 0.6) is 0 Å². The molecule has 0 atom stereocenters. The molecule has 0 N–H and O–H groups in total. The number of nitrogens with zero attached hydrogens (tertiary/aromatic N) is 3. The van der Waals surface area contributed by atoms with Gasteiger partial charge in [0.2, 0.25) is 0 Å². The zero-order valence-corrected chi connectivity index (χ0v) is 17.1. The molecule has 4 nitrogen and oxygen atoms in total. The molecule has 2 aliphatic rings. The average Bonchev–Trinajstić information content (AvgIpc) is 2.66. The van der Waals surface area contributed by atoms with Crippen LogP contribution in [-0.2, 0) is 4.79 Å². The second kappa shape index (κ2) is 9.16. The van der Waals surface area contributed by atoms with E-state index in [2.05, 4.69) is 14.7 Å². The highest BCUT2D eigenvalue weighted by Crippen LogP contribution is 2.26. The van der Waals surface area contributed by atoms with Crippen molar-refractivity contribution in [2.45, 2.75) is 40.0 Å². The van der Waals surface area contributed by atoms with Gasteiger partial charge in [-0.05, 0) is 82.8 Å². The fourth-order valence-corrected chi connectivity index (χ4v) is 4.34. The monoisotopic (exact) mass is 375 g/mol. The van der Waals surface area contributed by atoms with Gasteiger partial charge in [0.15, 0.2) is 0 Å². The first-order chi connectivity index (χ1) is 12.9. The number of likely N-dealkylation sites (tertiary alicyclic amines) is 1. The third-order valence-corrected chi connectivity index (χ3v) is 6.36. The number of anilines is 1. The lowest BCUT2D eigenvalue weighted by molar-refractivity contribution is -0.118. The molecule has 0 amide bonds. The zero-order valence-electron chi connectivity index (χ0n) is 17.1. The maximum Gasteiger partial charge on any atom is 0.149 e. The largest absolute Gasteiger partial charge is 0.367 e. The predicted molar refractivity (Wildman–Crippen MR) is 109 cm³/mol. The zero-order chi connectivity index (χ0) is 19.4. The minimum atomic E-state index is -0.0548. The van der Waals surface area contributed by atoms with Crippen molar-refractivity contribution in [3.8, 4) is 0 Å². The minimum Gasteiger partial charge on any atom is -0.367 e. The van der Waals surface area contributed by atoms with E-state index in [4.69, 9.17) is 0 Å². The molecular weight excluding hydrogens is 341 g/mol. The van der Waals surface area contributed by atoms with Gasteiger partial charge in [0, 0.05) is 26.2 Å². The van der Waals surface area contributed by atoms with Gasteiger partial charge in [-0.25, -0.2) is 4.39 Å². The van der Waals surface area contributed by atoms with Crippen molar-refractivity contribution in [2.75, 3.05) is 57.3 Å². The third-order valence-electron chi connectivity index (χ3n) is 6.36. The molecule has 0 radical (unpaired) electrons. The van der Waals surface area contributed by atoms with Crippen LogP contribution in [0, 0.1) is 25.6 Å². The Morgan fingerprint density at radius 2 is 1.70 bits per heavy atom. The molecule has 1 aromatic carbocycles. The SMILES string of the molecule is CC(=O)CN1CCC(CCN2CCN(c3ccc(C)c(C)c3F)CC2)CC1. The van der Waals surface area contributed by atoms with Crippen molar-refractivity contribution < 1.29 is 9.18 Å². The van der Waals surface area contributed by atoms with E-state index >= 15 is 0 Å². The number of Topliss-reactive ketones (excluding diaryl/α,β-unsaturated/α-hetero) is 1. The molecule has 150 valence electrons. The van der Waals surface area contributed by atoms with Gasteiger partial charge < -0.3 is 4.90 Å². The van der Waals surface area contributed by atoms with Crippen LogP contribution in [-0.4, -0.2) is 67.9 Å². The minimum absolute atomic E-state index is 0.0548. The summed E-state index contributed by atoms with van der Waals surface area (Å²) in [5.74, 6) is 0.996. The quantitative estimate of drug-likeness (QED) is 0.763. The number of halogens is 1. The summed E-state index contributed by atoms with van der Waals surface area (Å²) in [7, 11) is 0. The lowest BCUT2D eigenvalue weighted by atomic mass is 9.93. The summed E-state index contributed by atoms with van der Waals surface area (Å²) >= 11 is 0. The maximum absolute atomic E-state index is 14.6. The molecule has 1 aromatic rings. The summed E-state index contributed by atoms with van der Waals surface area (Å²) in [5, 5.41) is 0. The summed E-state index contributed by atoms with van der Waals surface area (Å²) in [5.41, 5.74) is 2.55. The number of benzene rings is 1. The lowest BCUT2D eigenvalue weighted by Crippen LogP contribution is -2.47. The van der Waals surface area contributed by atoms with E-state index in [1.54, 1.807) is 6.92 Å². The lowest BCUT2D eigenvalue weighted by Gasteiger charge is -2.38. The van der Waals surface area contributed by atoms with Crippen molar-refractivity contribution in [3.05, 3.63) is 29.1 Å². The van der Waals surface area contributed by atoms with Crippen molar-refractivity contribution in [1.82, 2.24) is 9.80 Å². The summed E-state index contributed by atoms with van der Waals surface area (Å²) in [6.07, 6.45) is 3.66. The van der Waals surface area contributed by atoms with Crippen LogP contribution >= 0.6 is 0 Å². The molecular formula is C22H34FN3O.